The molecule has 0 spiro atoms. The lowest BCUT2D eigenvalue weighted by atomic mass is 10.0. The largest absolute Gasteiger partial charge is 0.496 e. The Hall–Kier alpha value is -3.71. The Morgan fingerprint density at radius 3 is 2.61 bits per heavy atom. The van der Waals surface area contributed by atoms with Crippen molar-refractivity contribution in [1.82, 2.24) is 9.88 Å². The lowest BCUT2D eigenvalue weighted by Crippen LogP contribution is -2.29. The third kappa shape index (κ3) is 2.97. The maximum atomic E-state index is 12.6. The summed E-state index contributed by atoms with van der Waals surface area (Å²) in [6.07, 6.45) is 2.92. The molecule has 3 aromatic rings. The van der Waals surface area contributed by atoms with E-state index in [4.69, 9.17) is 9.94 Å². The van der Waals surface area contributed by atoms with Crippen LogP contribution in [0.15, 0.2) is 60.9 Å². The summed E-state index contributed by atoms with van der Waals surface area (Å²) in [5.74, 6) is -0.0337. The maximum absolute atomic E-state index is 12.6. The summed E-state index contributed by atoms with van der Waals surface area (Å²) in [5, 5.41) is 9.16. The van der Waals surface area contributed by atoms with Crippen LogP contribution in [0, 0.1) is 0 Å². The predicted molar refractivity (Wildman–Crippen MR) is 102 cm³/mol. The molecular weight excluding hydrogens is 358 g/mol. The molecule has 1 aromatic heterocycles. The quantitative estimate of drug-likeness (QED) is 0.525. The number of pyridine rings is 1. The van der Waals surface area contributed by atoms with Crippen LogP contribution in [0.5, 0.6) is 5.75 Å². The minimum atomic E-state index is -0.350. The van der Waals surface area contributed by atoms with Crippen LogP contribution < -0.4 is 10.2 Å². The number of aromatic nitrogens is 1. The highest BCUT2D eigenvalue weighted by Crippen LogP contribution is 2.33. The van der Waals surface area contributed by atoms with Gasteiger partial charge in [-0.3, -0.25) is 30.2 Å². The van der Waals surface area contributed by atoms with Crippen molar-refractivity contribution in [3.63, 3.8) is 0 Å². The van der Waals surface area contributed by atoms with Gasteiger partial charge in [0.15, 0.2) is 0 Å². The van der Waals surface area contributed by atoms with E-state index in [1.165, 1.54) is 17.3 Å². The standard InChI is InChI=1S/C21H17N3O4/c1-28-19-6-5-13(9-17(19)14-3-2-4-15(10-14)23-27)12-24-20(25)16-7-8-22-11-18(16)21(24)26/h2-11,23,27H,12H2,1H3. The second-order valence-corrected chi connectivity index (χ2v) is 6.34. The topological polar surface area (TPSA) is 91.8 Å². The van der Waals surface area contributed by atoms with Gasteiger partial charge in [0.1, 0.15) is 5.75 Å². The Morgan fingerprint density at radius 1 is 1.04 bits per heavy atom. The summed E-state index contributed by atoms with van der Waals surface area (Å²) in [6.45, 7) is 0.140. The van der Waals surface area contributed by atoms with Crippen molar-refractivity contribution in [2.75, 3.05) is 12.6 Å². The van der Waals surface area contributed by atoms with Crippen LogP contribution in [0.1, 0.15) is 26.3 Å². The molecule has 0 atom stereocenters. The van der Waals surface area contributed by atoms with Crippen molar-refractivity contribution in [3.05, 3.63) is 77.6 Å². The van der Waals surface area contributed by atoms with E-state index < -0.39 is 0 Å². The van der Waals surface area contributed by atoms with Gasteiger partial charge in [-0.05, 0) is 41.5 Å². The molecule has 2 heterocycles. The molecule has 4 rings (SSSR count). The summed E-state index contributed by atoms with van der Waals surface area (Å²) in [4.78, 5) is 30.3. The van der Waals surface area contributed by atoms with Crippen LogP contribution in [-0.4, -0.2) is 34.0 Å². The van der Waals surface area contributed by atoms with E-state index >= 15 is 0 Å². The number of fused-ring (bicyclic) bond motifs is 1. The molecule has 0 unspecified atom stereocenters. The number of nitrogens with zero attached hydrogens (tertiary/aromatic N) is 2. The van der Waals surface area contributed by atoms with Crippen LogP contribution in [0.4, 0.5) is 5.69 Å². The minimum Gasteiger partial charge on any atom is -0.496 e. The van der Waals surface area contributed by atoms with Gasteiger partial charge in [-0.1, -0.05) is 18.2 Å². The zero-order valence-corrected chi connectivity index (χ0v) is 15.0. The first-order valence-electron chi connectivity index (χ1n) is 8.60. The van der Waals surface area contributed by atoms with E-state index in [0.717, 1.165) is 16.7 Å². The highest BCUT2D eigenvalue weighted by molar-refractivity contribution is 6.21. The van der Waals surface area contributed by atoms with Gasteiger partial charge in [0, 0.05) is 18.0 Å². The monoisotopic (exact) mass is 375 g/mol. The number of hydrogen-bond acceptors (Lipinski definition) is 6. The molecule has 0 bridgehead atoms. The summed E-state index contributed by atoms with van der Waals surface area (Å²) in [6, 6.07) is 14.2. The second kappa shape index (κ2) is 7.13. The third-order valence-electron chi connectivity index (χ3n) is 4.68. The molecule has 1 aliphatic heterocycles. The summed E-state index contributed by atoms with van der Waals surface area (Å²) in [7, 11) is 1.57. The number of rotatable bonds is 5. The first-order chi connectivity index (χ1) is 13.6. The average molecular weight is 375 g/mol. The van der Waals surface area contributed by atoms with E-state index in [2.05, 4.69) is 10.5 Å². The average Bonchev–Trinajstić information content (AvgIpc) is 2.99. The highest BCUT2D eigenvalue weighted by atomic mass is 16.5. The molecule has 2 aromatic carbocycles. The number of carbonyl (C=O) groups excluding carboxylic acids is 2. The van der Waals surface area contributed by atoms with Gasteiger partial charge in [0.05, 0.1) is 30.5 Å². The molecule has 0 radical (unpaired) electrons. The predicted octanol–water partition coefficient (Wildman–Crippen LogP) is 3.35. The number of imide groups is 1. The Bertz CT molecular complexity index is 1050. The van der Waals surface area contributed by atoms with Crippen LogP contribution >= 0.6 is 0 Å². The Labute approximate surface area is 161 Å². The maximum Gasteiger partial charge on any atom is 0.263 e. The first kappa shape index (κ1) is 17.7. The summed E-state index contributed by atoms with van der Waals surface area (Å²) < 4.78 is 5.45. The van der Waals surface area contributed by atoms with Crippen molar-refractivity contribution in [1.29, 1.82) is 0 Å². The number of nitrogens with one attached hydrogen (secondary N) is 1. The van der Waals surface area contributed by atoms with Crippen LogP contribution in [0.25, 0.3) is 11.1 Å². The molecule has 2 amide bonds. The normalized spacial score (nSPS) is 12.9. The molecule has 7 nitrogen and oxygen atoms in total. The van der Waals surface area contributed by atoms with Gasteiger partial charge >= 0.3 is 0 Å². The van der Waals surface area contributed by atoms with Gasteiger partial charge in [-0.25, -0.2) is 0 Å². The fraction of sp³-hybridized carbons (Fsp3) is 0.0952. The van der Waals surface area contributed by atoms with Crippen LogP contribution in [0.3, 0.4) is 0 Å². The minimum absolute atomic E-state index is 0.140. The molecule has 0 saturated carbocycles. The molecular formula is C21H17N3O4. The zero-order valence-electron chi connectivity index (χ0n) is 15.0. The Kier molecular flexibility index (Phi) is 4.50. The van der Waals surface area contributed by atoms with Crippen molar-refractivity contribution in [2.45, 2.75) is 6.54 Å². The van der Waals surface area contributed by atoms with E-state index in [1.807, 2.05) is 18.2 Å². The number of anilines is 1. The molecule has 1 aliphatic rings. The number of hydrogen-bond donors (Lipinski definition) is 2. The van der Waals surface area contributed by atoms with Crippen molar-refractivity contribution in [2.24, 2.45) is 0 Å². The van der Waals surface area contributed by atoms with Crippen molar-refractivity contribution >= 4 is 17.5 Å². The molecule has 2 N–H and O–H groups in total. The Morgan fingerprint density at radius 2 is 1.86 bits per heavy atom. The van der Waals surface area contributed by atoms with E-state index in [9.17, 15) is 9.59 Å². The van der Waals surface area contributed by atoms with Crippen LogP contribution in [-0.2, 0) is 6.54 Å². The third-order valence-corrected chi connectivity index (χ3v) is 4.68. The number of ether oxygens (including phenoxy) is 1. The van der Waals surface area contributed by atoms with Crippen LogP contribution in [0.2, 0.25) is 0 Å². The van der Waals surface area contributed by atoms with Crippen molar-refractivity contribution in [3.8, 4) is 16.9 Å². The van der Waals surface area contributed by atoms with Crippen molar-refractivity contribution < 1.29 is 19.5 Å². The summed E-state index contributed by atoms with van der Waals surface area (Å²) in [5.41, 5.74) is 5.75. The SMILES string of the molecule is COc1ccc(CN2C(=O)c3ccncc3C2=O)cc1-c1cccc(NO)c1. The number of carbonyl (C=O) groups is 2. The van der Waals surface area contributed by atoms with E-state index in [-0.39, 0.29) is 18.4 Å². The fourth-order valence-electron chi connectivity index (χ4n) is 3.30. The number of methoxy groups -OCH3 is 1. The molecule has 7 heteroatoms. The van der Waals surface area contributed by atoms with Gasteiger partial charge in [0.2, 0.25) is 0 Å². The highest BCUT2D eigenvalue weighted by Gasteiger charge is 2.35. The van der Waals surface area contributed by atoms with E-state index in [1.54, 1.807) is 37.4 Å². The lowest BCUT2D eigenvalue weighted by Gasteiger charge is -2.16. The molecule has 140 valence electrons. The zero-order chi connectivity index (χ0) is 19.7. The van der Waals surface area contributed by atoms with Gasteiger partial charge < -0.3 is 4.74 Å². The molecule has 28 heavy (non-hydrogen) atoms. The van der Waals surface area contributed by atoms with Gasteiger partial charge in [-0.2, -0.15) is 0 Å². The number of benzene rings is 2. The fourth-order valence-corrected chi connectivity index (χ4v) is 3.30. The van der Waals surface area contributed by atoms with E-state index in [0.29, 0.717) is 22.6 Å². The van der Waals surface area contributed by atoms with Gasteiger partial charge in [-0.15, -0.1) is 0 Å². The molecule has 0 aliphatic carbocycles. The smallest absolute Gasteiger partial charge is 0.263 e. The lowest BCUT2D eigenvalue weighted by molar-refractivity contribution is 0.0642. The Balaban J connectivity index is 1.68. The molecule has 0 fully saturated rings. The first-order valence-corrected chi connectivity index (χ1v) is 8.60. The molecule has 0 saturated heterocycles. The number of amides is 2. The van der Waals surface area contributed by atoms with Gasteiger partial charge in [0.25, 0.3) is 11.8 Å². The summed E-state index contributed by atoms with van der Waals surface area (Å²) >= 11 is 0. The second-order valence-electron chi connectivity index (χ2n) is 6.34.